The number of anilines is 1. The van der Waals surface area contributed by atoms with Gasteiger partial charge in [-0.25, -0.2) is 0 Å². The standard InChI is InChI=1S/C13H18F3NS/c1-3-10(4-2)9-17-11-5-7-12(8-6-11)18-13(14,15)16/h5-8,10,17H,3-4,9H2,1-2H3. The first kappa shape index (κ1) is 15.2. The van der Waals surface area contributed by atoms with Crippen molar-refractivity contribution in [2.75, 3.05) is 11.9 Å². The molecule has 0 aliphatic rings. The van der Waals surface area contributed by atoms with Crippen molar-refractivity contribution in [2.45, 2.75) is 37.1 Å². The molecular formula is C13H18F3NS. The van der Waals surface area contributed by atoms with Crippen LogP contribution in [0.1, 0.15) is 26.7 Å². The van der Waals surface area contributed by atoms with Crippen LogP contribution in [0.5, 0.6) is 0 Å². The molecule has 1 rings (SSSR count). The van der Waals surface area contributed by atoms with Gasteiger partial charge in [0.25, 0.3) is 0 Å². The normalized spacial score (nSPS) is 11.9. The predicted molar refractivity (Wildman–Crippen MR) is 70.9 cm³/mol. The molecule has 0 bridgehead atoms. The van der Waals surface area contributed by atoms with E-state index in [1.807, 2.05) is 0 Å². The van der Waals surface area contributed by atoms with E-state index in [-0.39, 0.29) is 16.7 Å². The van der Waals surface area contributed by atoms with E-state index in [0.717, 1.165) is 25.1 Å². The van der Waals surface area contributed by atoms with E-state index < -0.39 is 5.51 Å². The van der Waals surface area contributed by atoms with Gasteiger partial charge in [-0.1, -0.05) is 26.7 Å². The SMILES string of the molecule is CCC(CC)CNc1ccc(SC(F)(F)F)cc1. The van der Waals surface area contributed by atoms with E-state index in [2.05, 4.69) is 19.2 Å². The molecule has 0 spiro atoms. The van der Waals surface area contributed by atoms with Gasteiger partial charge >= 0.3 is 5.51 Å². The van der Waals surface area contributed by atoms with Crippen molar-refractivity contribution in [3.8, 4) is 0 Å². The fourth-order valence-corrected chi connectivity index (χ4v) is 2.15. The minimum atomic E-state index is -4.22. The lowest BCUT2D eigenvalue weighted by atomic mass is 10.0. The molecule has 18 heavy (non-hydrogen) atoms. The van der Waals surface area contributed by atoms with Gasteiger partial charge in [0.2, 0.25) is 0 Å². The fourth-order valence-electron chi connectivity index (χ4n) is 1.61. The van der Waals surface area contributed by atoms with Crippen LogP contribution in [0.15, 0.2) is 29.2 Å². The van der Waals surface area contributed by atoms with Gasteiger partial charge in [-0.3, -0.25) is 0 Å². The maximum atomic E-state index is 12.1. The predicted octanol–water partition coefficient (Wildman–Crippen LogP) is 5.15. The Labute approximate surface area is 110 Å². The van der Waals surface area contributed by atoms with Crippen LogP contribution in [0.25, 0.3) is 0 Å². The van der Waals surface area contributed by atoms with Crippen LogP contribution in [-0.4, -0.2) is 12.1 Å². The zero-order chi connectivity index (χ0) is 13.6. The minimum Gasteiger partial charge on any atom is -0.385 e. The number of hydrogen-bond donors (Lipinski definition) is 1. The first-order valence-corrected chi connectivity index (χ1v) is 6.86. The average Bonchev–Trinajstić information content (AvgIpc) is 2.30. The highest BCUT2D eigenvalue weighted by Gasteiger charge is 2.28. The molecule has 0 saturated carbocycles. The summed E-state index contributed by atoms with van der Waals surface area (Å²) >= 11 is -0.0849. The summed E-state index contributed by atoms with van der Waals surface area (Å²) in [6.45, 7) is 5.14. The van der Waals surface area contributed by atoms with Crippen molar-refractivity contribution in [1.82, 2.24) is 0 Å². The molecular weight excluding hydrogens is 259 g/mol. The van der Waals surface area contributed by atoms with Gasteiger partial charge in [-0.2, -0.15) is 13.2 Å². The number of alkyl halides is 3. The zero-order valence-electron chi connectivity index (χ0n) is 10.6. The lowest BCUT2D eigenvalue weighted by Crippen LogP contribution is -2.12. The molecule has 0 saturated heterocycles. The monoisotopic (exact) mass is 277 g/mol. The van der Waals surface area contributed by atoms with E-state index in [4.69, 9.17) is 0 Å². The third kappa shape index (κ3) is 5.67. The molecule has 0 aliphatic carbocycles. The van der Waals surface area contributed by atoms with E-state index in [1.165, 1.54) is 12.1 Å². The van der Waals surface area contributed by atoms with Crippen LogP contribution in [0.4, 0.5) is 18.9 Å². The summed E-state index contributed by atoms with van der Waals surface area (Å²) in [6.07, 6.45) is 2.21. The van der Waals surface area contributed by atoms with Crippen LogP contribution in [-0.2, 0) is 0 Å². The summed E-state index contributed by atoms with van der Waals surface area (Å²) in [6, 6.07) is 6.37. The Morgan fingerprint density at radius 3 is 2.11 bits per heavy atom. The largest absolute Gasteiger partial charge is 0.446 e. The molecule has 5 heteroatoms. The van der Waals surface area contributed by atoms with Gasteiger partial charge in [0.05, 0.1) is 0 Å². The van der Waals surface area contributed by atoms with Crippen molar-refractivity contribution >= 4 is 17.4 Å². The van der Waals surface area contributed by atoms with Crippen LogP contribution < -0.4 is 5.32 Å². The van der Waals surface area contributed by atoms with Crippen LogP contribution >= 0.6 is 11.8 Å². The van der Waals surface area contributed by atoms with Gasteiger partial charge in [0, 0.05) is 17.1 Å². The zero-order valence-corrected chi connectivity index (χ0v) is 11.4. The number of hydrogen-bond acceptors (Lipinski definition) is 2. The summed E-state index contributed by atoms with van der Waals surface area (Å²) in [7, 11) is 0. The van der Waals surface area contributed by atoms with Crippen LogP contribution in [0, 0.1) is 5.92 Å². The Morgan fingerprint density at radius 2 is 1.67 bits per heavy atom. The van der Waals surface area contributed by atoms with E-state index in [0.29, 0.717) is 5.92 Å². The Kier molecular flexibility index (Phi) is 5.85. The average molecular weight is 277 g/mol. The van der Waals surface area contributed by atoms with E-state index in [1.54, 1.807) is 12.1 Å². The van der Waals surface area contributed by atoms with Crippen molar-refractivity contribution in [3.05, 3.63) is 24.3 Å². The van der Waals surface area contributed by atoms with Crippen molar-refractivity contribution < 1.29 is 13.2 Å². The molecule has 0 heterocycles. The molecule has 1 nitrogen and oxygen atoms in total. The van der Waals surface area contributed by atoms with Crippen molar-refractivity contribution in [1.29, 1.82) is 0 Å². The molecule has 0 aromatic heterocycles. The molecule has 0 unspecified atom stereocenters. The highest BCUT2D eigenvalue weighted by molar-refractivity contribution is 8.00. The van der Waals surface area contributed by atoms with Gasteiger partial charge in [-0.15, -0.1) is 0 Å². The van der Waals surface area contributed by atoms with Crippen LogP contribution in [0.3, 0.4) is 0 Å². The molecule has 102 valence electrons. The smallest absolute Gasteiger partial charge is 0.385 e. The molecule has 1 N–H and O–H groups in total. The maximum Gasteiger partial charge on any atom is 0.446 e. The number of benzene rings is 1. The Hall–Kier alpha value is -0.840. The Balaban J connectivity index is 2.50. The summed E-state index contributed by atoms with van der Waals surface area (Å²) in [5.74, 6) is 0.606. The second-order valence-corrected chi connectivity index (χ2v) is 5.27. The summed E-state index contributed by atoms with van der Waals surface area (Å²) in [5.41, 5.74) is -3.35. The van der Waals surface area contributed by atoms with Crippen LogP contribution in [0.2, 0.25) is 0 Å². The van der Waals surface area contributed by atoms with Gasteiger partial charge < -0.3 is 5.32 Å². The lowest BCUT2D eigenvalue weighted by Gasteiger charge is -2.14. The number of rotatable bonds is 6. The van der Waals surface area contributed by atoms with E-state index in [9.17, 15) is 13.2 Å². The highest BCUT2D eigenvalue weighted by Crippen LogP contribution is 2.37. The van der Waals surface area contributed by atoms with E-state index >= 15 is 0 Å². The lowest BCUT2D eigenvalue weighted by molar-refractivity contribution is -0.0328. The maximum absolute atomic E-state index is 12.1. The Bertz CT molecular complexity index is 344. The number of halogens is 3. The summed E-state index contributed by atoms with van der Waals surface area (Å²) in [5, 5.41) is 3.25. The molecule has 0 atom stereocenters. The topological polar surface area (TPSA) is 12.0 Å². The van der Waals surface area contributed by atoms with Crippen molar-refractivity contribution in [3.63, 3.8) is 0 Å². The second-order valence-electron chi connectivity index (χ2n) is 4.14. The highest BCUT2D eigenvalue weighted by atomic mass is 32.2. The molecule has 1 aromatic rings. The molecule has 1 aromatic carbocycles. The number of nitrogens with one attached hydrogen (secondary N) is 1. The van der Waals surface area contributed by atoms with Gasteiger partial charge in [0.1, 0.15) is 0 Å². The quantitative estimate of drug-likeness (QED) is 0.722. The van der Waals surface area contributed by atoms with Gasteiger partial charge in [0.15, 0.2) is 0 Å². The molecule has 0 aliphatic heterocycles. The van der Waals surface area contributed by atoms with Gasteiger partial charge in [-0.05, 0) is 41.9 Å². The number of thioether (sulfide) groups is 1. The fraction of sp³-hybridized carbons (Fsp3) is 0.538. The molecule has 0 amide bonds. The molecule has 0 radical (unpaired) electrons. The Morgan fingerprint density at radius 1 is 1.11 bits per heavy atom. The molecule has 0 fully saturated rings. The first-order valence-electron chi connectivity index (χ1n) is 6.04. The second kappa shape index (κ2) is 6.92. The third-order valence-corrected chi connectivity index (χ3v) is 3.58. The third-order valence-electron chi connectivity index (χ3n) is 2.84. The first-order chi connectivity index (χ1) is 8.44. The minimum absolute atomic E-state index is 0.0849. The summed E-state index contributed by atoms with van der Waals surface area (Å²) in [4.78, 5) is 0.218. The van der Waals surface area contributed by atoms with Crippen molar-refractivity contribution in [2.24, 2.45) is 5.92 Å². The summed E-state index contributed by atoms with van der Waals surface area (Å²) < 4.78 is 36.4.